The van der Waals surface area contributed by atoms with Crippen LogP contribution in [0.2, 0.25) is 0 Å². The highest BCUT2D eigenvalue weighted by Gasteiger charge is 2.28. The van der Waals surface area contributed by atoms with Crippen LogP contribution in [0, 0.1) is 12.8 Å². The lowest BCUT2D eigenvalue weighted by atomic mass is 9.94. The number of para-hydroxylation sites is 1. The number of carbonyl (C=O) groups is 2. The summed E-state index contributed by atoms with van der Waals surface area (Å²) in [5.74, 6) is 0.730. The van der Waals surface area contributed by atoms with E-state index in [4.69, 9.17) is 4.74 Å². The lowest BCUT2D eigenvalue weighted by Crippen LogP contribution is -2.41. The molecule has 1 heterocycles. The van der Waals surface area contributed by atoms with Crippen molar-refractivity contribution in [3.05, 3.63) is 59.2 Å². The number of likely N-dealkylation sites (tertiary alicyclic amines) is 1. The van der Waals surface area contributed by atoms with Gasteiger partial charge in [0.2, 0.25) is 5.91 Å². The minimum Gasteiger partial charge on any atom is -0.497 e. The lowest BCUT2D eigenvalue weighted by molar-refractivity contribution is -0.121. The molecule has 0 radical (unpaired) electrons. The standard InChI is InChI=1S/C23H28N2O3/c1-4-17-7-5-6-16(2)21(17)24-22(26)18-12-14-25(15-13-18)23(27)19-8-10-20(28-3)11-9-19/h5-11,18H,4,12-15H2,1-3H3,(H,24,26). The van der Waals surface area contributed by atoms with E-state index in [1.54, 1.807) is 31.4 Å². The number of nitrogens with one attached hydrogen (secondary N) is 1. The molecular formula is C23H28N2O3. The fourth-order valence-electron chi connectivity index (χ4n) is 3.69. The maximum atomic E-state index is 12.8. The van der Waals surface area contributed by atoms with Crippen molar-refractivity contribution in [3.63, 3.8) is 0 Å². The van der Waals surface area contributed by atoms with Gasteiger partial charge < -0.3 is 15.0 Å². The van der Waals surface area contributed by atoms with Crippen molar-refractivity contribution in [3.8, 4) is 5.75 Å². The van der Waals surface area contributed by atoms with Crippen LogP contribution < -0.4 is 10.1 Å². The van der Waals surface area contributed by atoms with Crippen LogP contribution in [0.25, 0.3) is 0 Å². The summed E-state index contributed by atoms with van der Waals surface area (Å²) in [6, 6.07) is 13.2. The van der Waals surface area contributed by atoms with Crippen molar-refractivity contribution in [2.75, 3.05) is 25.5 Å². The van der Waals surface area contributed by atoms with Crippen molar-refractivity contribution in [2.45, 2.75) is 33.1 Å². The molecule has 2 aromatic rings. The third-order valence-electron chi connectivity index (χ3n) is 5.48. The molecule has 0 aliphatic carbocycles. The van der Waals surface area contributed by atoms with E-state index in [9.17, 15) is 9.59 Å². The summed E-state index contributed by atoms with van der Waals surface area (Å²) in [6.45, 7) is 5.30. The van der Waals surface area contributed by atoms with Crippen LogP contribution in [-0.4, -0.2) is 36.9 Å². The Hall–Kier alpha value is -2.82. The van der Waals surface area contributed by atoms with Gasteiger partial charge in [0.05, 0.1) is 7.11 Å². The SMILES string of the molecule is CCc1cccc(C)c1NC(=O)C1CCN(C(=O)c2ccc(OC)cc2)CC1. The van der Waals surface area contributed by atoms with Crippen molar-refractivity contribution >= 4 is 17.5 Å². The Bertz CT molecular complexity index is 837. The molecule has 1 aliphatic heterocycles. The van der Waals surface area contributed by atoms with Crippen molar-refractivity contribution in [1.82, 2.24) is 4.90 Å². The summed E-state index contributed by atoms with van der Waals surface area (Å²) in [4.78, 5) is 27.3. The van der Waals surface area contributed by atoms with Gasteiger partial charge in [0.15, 0.2) is 0 Å². The van der Waals surface area contributed by atoms with E-state index in [0.717, 1.165) is 29.0 Å². The molecule has 0 atom stereocenters. The number of carbonyl (C=O) groups excluding carboxylic acids is 2. The van der Waals surface area contributed by atoms with Gasteiger partial charge in [-0.3, -0.25) is 9.59 Å². The first kappa shape index (κ1) is 19.9. The number of ether oxygens (including phenoxy) is 1. The molecule has 28 heavy (non-hydrogen) atoms. The van der Waals surface area contributed by atoms with E-state index in [1.807, 2.05) is 24.0 Å². The Morgan fingerprint density at radius 2 is 1.79 bits per heavy atom. The third kappa shape index (κ3) is 4.35. The van der Waals surface area contributed by atoms with E-state index >= 15 is 0 Å². The number of hydrogen-bond acceptors (Lipinski definition) is 3. The first-order valence-corrected chi connectivity index (χ1v) is 9.86. The highest BCUT2D eigenvalue weighted by atomic mass is 16.5. The quantitative estimate of drug-likeness (QED) is 0.851. The fourth-order valence-corrected chi connectivity index (χ4v) is 3.69. The minimum absolute atomic E-state index is 0.00804. The fraction of sp³-hybridized carbons (Fsp3) is 0.391. The van der Waals surface area contributed by atoms with Gasteiger partial charge in [0.25, 0.3) is 5.91 Å². The van der Waals surface area contributed by atoms with Gasteiger partial charge in [-0.15, -0.1) is 0 Å². The highest BCUT2D eigenvalue weighted by molar-refractivity contribution is 5.96. The molecule has 2 amide bonds. The molecule has 0 saturated carbocycles. The number of rotatable bonds is 5. The van der Waals surface area contributed by atoms with Crippen LogP contribution in [0.15, 0.2) is 42.5 Å². The van der Waals surface area contributed by atoms with Crippen molar-refractivity contribution < 1.29 is 14.3 Å². The summed E-state index contributed by atoms with van der Waals surface area (Å²) < 4.78 is 5.14. The Balaban J connectivity index is 1.59. The van der Waals surface area contributed by atoms with Crippen LogP contribution in [0.5, 0.6) is 5.75 Å². The number of amides is 2. The molecule has 5 nitrogen and oxygen atoms in total. The molecule has 3 rings (SSSR count). The van der Waals surface area contributed by atoms with Crippen molar-refractivity contribution in [1.29, 1.82) is 0 Å². The van der Waals surface area contributed by atoms with Crippen LogP contribution in [0.3, 0.4) is 0 Å². The van der Waals surface area contributed by atoms with Gasteiger partial charge >= 0.3 is 0 Å². The van der Waals surface area contributed by atoms with Crippen molar-refractivity contribution in [2.24, 2.45) is 5.92 Å². The molecular weight excluding hydrogens is 352 g/mol. The van der Waals surface area contributed by atoms with E-state index < -0.39 is 0 Å². The highest BCUT2D eigenvalue weighted by Crippen LogP contribution is 2.25. The number of anilines is 1. The Kier molecular flexibility index (Phi) is 6.34. The van der Waals surface area contributed by atoms with E-state index in [2.05, 4.69) is 18.3 Å². The molecule has 1 aliphatic rings. The lowest BCUT2D eigenvalue weighted by Gasteiger charge is -2.31. The molecule has 1 N–H and O–H groups in total. The second-order valence-electron chi connectivity index (χ2n) is 7.25. The van der Waals surface area contributed by atoms with Gasteiger partial charge in [-0.2, -0.15) is 0 Å². The molecule has 0 spiro atoms. The molecule has 1 saturated heterocycles. The number of nitrogens with zero attached hydrogens (tertiary/aromatic N) is 1. The Morgan fingerprint density at radius 1 is 1.11 bits per heavy atom. The number of benzene rings is 2. The maximum absolute atomic E-state index is 12.8. The zero-order chi connectivity index (χ0) is 20.1. The van der Waals surface area contributed by atoms with E-state index in [0.29, 0.717) is 31.5 Å². The average Bonchev–Trinajstić information content (AvgIpc) is 2.74. The summed E-state index contributed by atoms with van der Waals surface area (Å²) >= 11 is 0. The number of hydrogen-bond donors (Lipinski definition) is 1. The molecule has 0 unspecified atom stereocenters. The molecule has 2 aromatic carbocycles. The zero-order valence-corrected chi connectivity index (χ0v) is 16.8. The molecule has 1 fully saturated rings. The predicted molar refractivity (Wildman–Crippen MR) is 111 cm³/mol. The van der Waals surface area contributed by atoms with Crippen LogP contribution >= 0.6 is 0 Å². The van der Waals surface area contributed by atoms with Gasteiger partial charge in [0.1, 0.15) is 5.75 Å². The van der Waals surface area contributed by atoms with E-state index in [-0.39, 0.29) is 17.7 Å². The number of methoxy groups -OCH3 is 1. The Morgan fingerprint density at radius 3 is 2.39 bits per heavy atom. The van der Waals surface area contributed by atoms with Crippen LogP contribution in [0.4, 0.5) is 5.69 Å². The molecule has 5 heteroatoms. The first-order chi connectivity index (χ1) is 13.5. The maximum Gasteiger partial charge on any atom is 0.253 e. The van der Waals surface area contributed by atoms with Gasteiger partial charge in [-0.25, -0.2) is 0 Å². The summed E-state index contributed by atoms with van der Waals surface area (Å²) in [5.41, 5.74) is 3.82. The Labute approximate surface area is 166 Å². The zero-order valence-electron chi connectivity index (χ0n) is 16.8. The van der Waals surface area contributed by atoms with Gasteiger partial charge in [-0.1, -0.05) is 25.1 Å². The molecule has 0 bridgehead atoms. The number of aryl methyl sites for hydroxylation is 2. The topological polar surface area (TPSA) is 58.6 Å². The predicted octanol–water partition coefficient (Wildman–Crippen LogP) is 4.06. The summed E-state index contributed by atoms with van der Waals surface area (Å²) in [6.07, 6.45) is 2.24. The van der Waals surface area contributed by atoms with Gasteiger partial charge in [-0.05, 0) is 61.6 Å². The largest absolute Gasteiger partial charge is 0.497 e. The molecule has 148 valence electrons. The monoisotopic (exact) mass is 380 g/mol. The smallest absolute Gasteiger partial charge is 0.253 e. The van der Waals surface area contributed by atoms with Crippen LogP contribution in [-0.2, 0) is 11.2 Å². The van der Waals surface area contributed by atoms with Crippen LogP contribution in [0.1, 0.15) is 41.3 Å². The second kappa shape index (κ2) is 8.91. The first-order valence-electron chi connectivity index (χ1n) is 9.86. The molecule has 0 aromatic heterocycles. The van der Waals surface area contributed by atoms with Gasteiger partial charge in [0, 0.05) is 30.3 Å². The second-order valence-corrected chi connectivity index (χ2v) is 7.25. The number of piperidine rings is 1. The summed E-state index contributed by atoms with van der Waals surface area (Å²) in [5, 5.41) is 3.13. The minimum atomic E-state index is -0.0655. The van der Waals surface area contributed by atoms with E-state index in [1.165, 1.54) is 0 Å². The third-order valence-corrected chi connectivity index (χ3v) is 5.48. The summed E-state index contributed by atoms with van der Waals surface area (Å²) in [7, 11) is 1.60. The normalized spacial score (nSPS) is 14.6. The average molecular weight is 380 g/mol.